The molecule has 9 heteroatoms. The normalized spacial score (nSPS) is 10.9. The van der Waals surface area contributed by atoms with Gasteiger partial charge in [0, 0.05) is 19.2 Å². The van der Waals surface area contributed by atoms with Gasteiger partial charge in [-0.2, -0.15) is 0 Å². The van der Waals surface area contributed by atoms with Crippen molar-refractivity contribution in [1.82, 2.24) is 10.0 Å². The summed E-state index contributed by atoms with van der Waals surface area (Å²) < 4.78 is 26.7. The first kappa shape index (κ1) is 18.8. The van der Waals surface area contributed by atoms with Crippen LogP contribution in [0.25, 0.3) is 0 Å². The van der Waals surface area contributed by atoms with Gasteiger partial charge in [-0.25, -0.2) is 13.1 Å². The molecule has 0 atom stereocenters. The zero-order valence-corrected chi connectivity index (χ0v) is 13.1. The van der Waals surface area contributed by atoms with Crippen LogP contribution in [0.15, 0.2) is 17.0 Å². The summed E-state index contributed by atoms with van der Waals surface area (Å²) >= 11 is 0. The third kappa shape index (κ3) is 4.14. The van der Waals surface area contributed by atoms with Gasteiger partial charge in [-0.15, -0.1) is 12.4 Å². The average Bonchev–Trinajstić information content (AvgIpc) is 2.31. The van der Waals surface area contributed by atoms with Crippen LogP contribution in [0.5, 0.6) is 0 Å². The van der Waals surface area contributed by atoms with Crippen molar-refractivity contribution < 1.29 is 13.3 Å². The van der Waals surface area contributed by atoms with Gasteiger partial charge in [0.1, 0.15) is 0 Å². The number of nitrogens with zero attached hydrogens (tertiary/aromatic N) is 1. The van der Waals surface area contributed by atoms with E-state index in [-0.39, 0.29) is 23.8 Å². The average molecular weight is 324 g/mol. The highest BCUT2D eigenvalue weighted by molar-refractivity contribution is 7.89. The molecular formula is C11H18ClN3O4S. The molecule has 20 heavy (non-hydrogen) atoms. The first-order chi connectivity index (χ1) is 8.81. The van der Waals surface area contributed by atoms with Crippen LogP contribution in [-0.4, -0.2) is 33.5 Å². The summed E-state index contributed by atoms with van der Waals surface area (Å²) in [4.78, 5) is 10.0. The van der Waals surface area contributed by atoms with E-state index >= 15 is 0 Å². The van der Waals surface area contributed by atoms with Gasteiger partial charge in [0.15, 0.2) is 4.90 Å². The summed E-state index contributed by atoms with van der Waals surface area (Å²) in [5.74, 6) is 0. The predicted molar refractivity (Wildman–Crippen MR) is 78.9 cm³/mol. The fourth-order valence-electron chi connectivity index (χ4n) is 1.64. The van der Waals surface area contributed by atoms with Gasteiger partial charge >= 0.3 is 0 Å². The monoisotopic (exact) mass is 323 g/mol. The Kier molecular flexibility index (Phi) is 7.07. The molecule has 0 unspecified atom stereocenters. The first-order valence-corrected chi connectivity index (χ1v) is 7.18. The van der Waals surface area contributed by atoms with Crippen LogP contribution in [0.4, 0.5) is 5.69 Å². The maximum Gasteiger partial charge on any atom is 0.289 e. The molecule has 7 nitrogen and oxygen atoms in total. The Morgan fingerprint density at radius 2 is 1.85 bits per heavy atom. The summed E-state index contributed by atoms with van der Waals surface area (Å²) in [7, 11) is -2.20. The predicted octanol–water partition coefficient (Wildman–Crippen LogP) is 1.13. The van der Waals surface area contributed by atoms with Crippen molar-refractivity contribution in [3.05, 3.63) is 33.4 Å². The number of rotatable bonds is 6. The highest BCUT2D eigenvalue weighted by atomic mass is 35.5. The summed E-state index contributed by atoms with van der Waals surface area (Å²) in [6.07, 6.45) is 0. The van der Waals surface area contributed by atoms with E-state index in [0.29, 0.717) is 17.7 Å². The number of aryl methyl sites for hydroxylation is 1. The number of halogens is 1. The maximum absolute atomic E-state index is 12.2. The van der Waals surface area contributed by atoms with Gasteiger partial charge in [0.05, 0.1) is 4.92 Å². The Labute approximate surface area is 124 Å². The van der Waals surface area contributed by atoms with E-state index in [2.05, 4.69) is 10.0 Å². The lowest BCUT2D eigenvalue weighted by atomic mass is 10.1. The largest absolute Gasteiger partial charge is 0.318 e. The molecule has 2 N–H and O–H groups in total. The first-order valence-electron chi connectivity index (χ1n) is 5.70. The molecule has 0 spiro atoms. The molecule has 0 aliphatic rings. The highest BCUT2D eigenvalue weighted by Crippen LogP contribution is 2.28. The Bertz CT molecular complexity index is 590. The van der Waals surface area contributed by atoms with Gasteiger partial charge in [-0.1, -0.05) is 6.07 Å². The van der Waals surface area contributed by atoms with E-state index in [0.717, 1.165) is 0 Å². The second-order valence-corrected chi connectivity index (χ2v) is 5.82. The summed E-state index contributed by atoms with van der Waals surface area (Å²) in [6.45, 7) is 3.89. The minimum atomic E-state index is -3.89. The van der Waals surface area contributed by atoms with E-state index in [1.807, 2.05) is 0 Å². The van der Waals surface area contributed by atoms with E-state index < -0.39 is 20.6 Å². The van der Waals surface area contributed by atoms with Crippen molar-refractivity contribution in [3.63, 3.8) is 0 Å². The topological polar surface area (TPSA) is 101 Å². The lowest BCUT2D eigenvalue weighted by Crippen LogP contribution is -2.31. The molecule has 0 saturated heterocycles. The molecule has 114 valence electrons. The van der Waals surface area contributed by atoms with Crippen LogP contribution in [0.3, 0.4) is 0 Å². The number of sulfonamides is 1. The molecule has 1 rings (SSSR count). The Morgan fingerprint density at radius 3 is 2.35 bits per heavy atom. The van der Waals surface area contributed by atoms with Gasteiger partial charge in [0.25, 0.3) is 5.69 Å². The molecule has 0 aromatic heterocycles. The van der Waals surface area contributed by atoms with Crippen molar-refractivity contribution in [2.45, 2.75) is 18.7 Å². The lowest BCUT2D eigenvalue weighted by Gasteiger charge is -2.11. The second kappa shape index (κ2) is 7.53. The molecule has 0 aliphatic carbocycles. The Hall–Kier alpha value is -1.22. The number of nitro benzene ring substituents is 1. The fourth-order valence-corrected chi connectivity index (χ4v) is 3.14. The summed E-state index contributed by atoms with van der Waals surface area (Å²) in [5.41, 5.74) is 0.686. The highest BCUT2D eigenvalue weighted by Gasteiger charge is 2.28. The fraction of sp³-hybridized carbons (Fsp3) is 0.455. The van der Waals surface area contributed by atoms with E-state index in [1.165, 1.54) is 6.07 Å². The van der Waals surface area contributed by atoms with Crippen LogP contribution in [-0.2, 0) is 10.0 Å². The third-order valence-electron chi connectivity index (χ3n) is 2.79. The number of nitro groups is 1. The van der Waals surface area contributed by atoms with Gasteiger partial charge in [-0.3, -0.25) is 10.1 Å². The SMILES string of the molecule is CNCCNS(=O)(=O)c1c([N+](=O)[O-])ccc(C)c1C.Cl. The number of hydrogen-bond acceptors (Lipinski definition) is 5. The molecule has 0 fully saturated rings. The maximum atomic E-state index is 12.2. The van der Waals surface area contributed by atoms with Crippen molar-refractivity contribution in [3.8, 4) is 0 Å². The molecule has 0 heterocycles. The third-order valence-corrected chi connectivity index (χ3v) is 4.43. The molecule has 0 amide bonds. The number of nitrogens with one attached hydrogen (secondary N) is 2. The molecule has 0 radical (unpaired) electrons. The van der Waals surface area contributed by atoms with Gasteiger partial charge < -0.3 is 5.32 Å². The van der Waals surface area contributed by atoms with Crippen molar-refractivity contribution in [2.24, 2.45) is 0 Å². The van der Waals surface area contributed by atoms with E-state index in [9.17, 15) is 18.5 Å². The zero-order chi connectivity index (χ0) is 14.6. The lowest BCUT2D eigenvalue weighted by molar-refractivity contribution is -0.387. The zero-order valence-electron chi connectivity index (χ0n) is 11.5. The number of hydrogen-bond donors (Lipinski definition) is 2. The standard InChI is InChI=1S/C11H17N3O4S.ClH/c1-8-4-5-10(14(15)16)11(9(8)2)19(17,18)13-7-6-12-3;/h4-5,12-13H,6-7H2,1-3H3;1H. The van der Waals surface area contributed by atoms with Crippen LogP contribution in [0.1, 0.15) is 11.1 Å². The smallest absolute Gasteiger partial charge is 0.289 e. The summed E-state index contributed by atoms with van der Waals surface area (Å²) in [6, 6.07) is 2.76. The molecule has 0 aliphatic heterocycles. The molecule has 1 aromatic carbocycles. The molecule has 1 aromatic rings. The van der Waals surface area contributed by atoms with Crippen LogP contribution < -0.4 is 10.0 Å². The molecular weight excluding hydrogens is 306 g/mol. The van der Waals surface area contributed by atoms with Crippen LogP contribution in [0.2, 0.25) is 0 Å². The Morgan fingerprint density at radius 1 is 1.25 bits per heavy atom. The van der Waals surface area contributed by atoms with E-state index in [1.54, 1.807) is 27.0 Å². The van der Waals surface area contributed by atoms with Gasteiger partial charge in [-0.05, 0) is 32.0 Å². The van der Waals surface area contributed by atoms with Gasteiger partial charge in [0.2, 0.25) is 10.0 Å². The van der Waals surface area contributed by atoms with Crippen molar-refractivity contribution in [2.75, 3.05) is 20.1 Å². The second-order valence-electron chi connectivity index (χ2n) is 4.11. The minimum Gasteiger partial charge on any atom is -0.318 e. The quantitative estimate of drug-likeness (QED) is 0.464. The number of benzene rings is 1. The van der Waals surface area contributed by atoms with Crippen LogP contribution >= 0.6 is 12.4 Å². The van der Waals surface area contributed by atoms with Crippen molar-refractivity contribution in [1.29, 1.82) is 0 Å². The Balaban J connectivity index is 0.00000361. The number of likely N-dealkylation sites (N-methyl/N-ethyl adjacent to an activating group) is 1. The molecule has 0 saturated carbocycles. The van der Waals surface area contributed by atoms with Crippen molar-refractivity contribution >= 4 is 28.1 Å². The molecule has 0 bridgehead atoms. The summed E-state index contributed by atoms with van der Waals surface area (Å²) in [5, 5.41) is 13.8. The van der Waals surface area contributed by atoms with Crippen LogP contribution in [0, 0.1) is 24.0 Å². The van der Waals surface area contributed by atoms with E-state index in [4.69, 9.17) is 0 Å². The minimum absolute atomic E-state index is 0.